The van der Waals surface area contributed by atoms with E-state index in [1.165, 1.54) is 0 Å². The highest BCUT2D eigenvalue weighted by Gasteiger charge is 2.06. The number of hydrogen-bond donors (Lipinski definition) is 3. The normalized spacial score (nSPS) is 10.0. The van der Waals surface area contributed by atoms with Gasteiger partial charge in [-0.2, -0.15) is 0 Å². The Kier molecular flexibility index (Phi) is 8.42. The maximum atomic E-state index is 11.8. The van der Waals surface area contributed by atoms with Crippen LogP contribution in [0.5, 0.6) is 0 Å². The number of thiocarbonyl (C=S) groups is 1. The third kappa shape index (κ3) is 7.50. The first kappa shape index (κ1) is 18.0. The predicted molar refractivity (Wildman–Crippen MR) is 91.6 cm³/mol. The van der Waals surface area contributed by atoms with Gasteiger partial charge in [0.1, 0.15) is 0 Å². The van der Waals surface area contributed by atoms with Crippen LogP contribution in [0.2, 0.25) is 10.0 Å². The van der Waals surface area contributed by atoms with Crippen molar-refractivity contribution in [2.45, 2.75) is 32.6 Å². The zero-order valence-electron chi connectivity index (χ0n) is 11.8. The van der Waals surface area contributed by atoms with Crippen molar-refractivity contribution in [3.63, 3.8) is 0 Å². The van der Waals surface area contributed by atoms with E-state index in [2.05, 4.69) is 23.1 Å². The number of halogens is 2. The Morgan fingerprint density at radius 1 is 1.19 bits per heavy atom. The molecule has 0 aliphatic rings. The fourth-order valence-corrected chi connectivity index (χ4v) is 2.10. The summed E-state index contributed by atoms with van der Waals surface area (Å²) in [6.45, 7) is 2.93. The molecule has 0 aromatic heterocycles. The Morgan fingerprint density at radius 2 is 1.95 bits per heavy atom. The number of nitrogens with one attached hydrogen (secondary N) is 3. The van der Waals surface area contributed by atoms with Crippen LogP contribution in [0, 0.1) is 0 Å². The molecule has 3 N–H and O–H groups in total. The van der Waals surface area contributed by atoms with Crippen LogP contribution in [0.1, 0.15) is 31.7 Å². The van der Waals surface area contributed by atoms with Gasteiger partial charge in [0.15, 0.2) is 5.11 Å². The summed E-state index contributed by atoms with van der Waals surface area (Å²) in [5, 5.41) is 4.33. The van der Waals surface area contributed by atoms with Gasteiger partial charge in [-0.05, 0) is 36.3 Å². The first-order valence-corrected chi connectivity index (χ1v) is 7.96. The molecule has 0 saturated heterocycles. The van der Waals surface area contributed by atoms with E-state index in [0.717, 1.165) is 31.4 Å². The molecule has 0 unspecified atom stereocenters. The Labute approximate surface area is 140 Å². The Hall–Kier alpha value is -1.04. The number of benzene rings is 1. The number of carbonyl (C=O) groups excluding carboxylic acids is 1. The highest BCUT2D eigenvalue weighted by molar-refractivity contribution is 7.80. The smallest absolute Gasteiger partial charge is 0.242 e. The van der Waals surface area contributed by atoms with Gasteiger partial charge in [0.25, 0.3) is 0 Å². The molecule has 7 heteroatoms. The Bertz CT molecular complexity index is 497. The van der Waals surface area contributed by atoms with Crippen LogP contribution in [0.3, 0.4) is 0 Å². The van der Waals surface area contributed by atoms with Gasteiger partial charge in [0.05, 0.1) is 16.5 Å². The monoisotopic (exact) mass is 347 g/mol. The van der Waals surface area contributed by atoms with Gasteiger partial charge in [-0.25, -0.2) is 0 Å². The minimum atomic E-state index is -0.203. The average molecular weight is 348 g/mol. The van der Waals surface area contributed by atoms with Crippen molar-refractivity contribution in [2.24, 2.45) is 0 Å². The van der Waals surface area contributed by atoms with E-state index in [1.807, 2.05) is 0 Å². The molecule has 0 heterocycles. The number of amides is 1. The van der Waals surface area contributed by atoms with E-state index in [4.69, 9.17) is 35.4 Å². The van der Waals surface area contributed by atoms with Crippen LogP contribution in [-0.2, 0) is 11.2 Å². The summed E-state index contributed by atoms with van der Waals surface area (Å²) in [7, 11) is 0. The van der Waals surface area contributed by atoms with Gasteiger partial charge in [0.2, 0.25) is 5.91 Å². The molecule has 0 fully saturated rings. The lowest BCUT2D eigenvalue weighted by molar-refractivity contribution is -0.121. The van der Waals surface area contributed by atoms with Crippen molar-refractivity contribution in [1.29, 1.82) is 0 Å². The number of unbranched alkanes of at least 4 members (excludes halogenated alkanes) is 2. The van der Waals surface area contributed by atoms with Crippen LogP contribution in [0.15, 0.2) is 18.2 Å². The quantitative estimate of drug-likeness (QED) is 0.420. The van der Waals surface area contributed by atoms with Crippen molar-refractivity contribution < 1.29 is 4.79 Å². The SMILES string of the molecule is CCCCCNC(=S)NNC(=O)Cc1ccc(Cl)c(Cl)c1. The molecule has 0 aliphatic heterocycles. The van der Waals surface area contributed by atoms with Gasteiger partial charge in [-0.3, -0.25) is 15.6 Å². The lowest BCUT2D eigenvalue weighted by atomic mass is 10.1. The van der Waals surface area contributed by atoms with E-state index < -0.39 is 0 Å². The Balaban J connectivity index is 2.27. The van der Waals surface area contributed by atoms with Crippen LogP contribution < -0.4 is 16.2 Å². The lowest BCUT2D eigenvalue weighted by Gasteiger charge is -2.11. The molecule has 1 aromatic carbocycles. The Morgan fingerprint density at radius 3 is 2.62 bits per heavy atom. The topological polar surface area (TPSA) is 53.2 Å². The number of hydrogen-bond acceptors (Lipinski definition) is 2. The summed E-state index contributed by atoms with van der Waals surface area (Å²) in [6, 6.07) is 5.10. The predicted octanol–water partition coefficient (Wildman–Crippen LogP) is 3.22. The molecule has 0 atom stereocenters. The molecule has 0 spiro atoms. The standard InChI is InChI=1S/C14H19Cl2N3OS/c1-2-3-4-7-17-14(21)19-18-13(20)9-10-5-6-11(15)12(16)8-10/h5-6,8H,2-4,7,9H2,1H3,(H,18,20)(H2,17,19,21). The van der Waals surface area contributed by atoms with E-state index in [0.29, 0.717) is 15.2 Å². The summed E-state index contributed by atoms with van der Waals surface area (Å²) >= 11 is 16.8. The molecular formula is C14H19Cl2N3OS. The first-order valence-electron chi connectivity index (χ1n) is 6.79. The fraction of sp³-hybridized carbons (Fsp3) is 0.429. The van der Waals surface area contributed by atoms with E-state index >= 15 is 0 Å². The minimum Gasteiger partial charge on any atom is -0.361 e. The molecule has 21 heavy (non-hydrogen) atoms. The number of hydrazine groups is 1. The fourth-order valence-electron chi connectivity index (χ4n) is 1.63. The van der Waals surface area contributed by atoms with Crippen LogP contribution >= 0.6 is 35.4 Å². The number of rotatable bonds is 6. The molecule has 1 rings (SSSR count). The highest BCUT2D eigenvalue weighted by Crippen LogP contribution is 2.22. The molecule has 0 radical (unpaired) electrons. The molecule has 0 aliphatic carbocycles. The maximum Gasteiger partial charge on any atom is 0.242 e. The van der Waals surface area contributed by atoms with Gasteiger partial charge >= 0.3 is 0 Å². The van der Waals surface area contributed by atoms with Crippen molar-refractivity contribution >= 4 is 46.4 Å². The second kappa shape index (κ2) is 9.82. The number of carbonyl (C=O) groups is 1. The highest BCUT2D eigenvalue weighted by atomic mass is 35.5. The van der Waals surface area contributed by atoms with Gasteiger partial charge in [0, 0.05) is 6.54 Å². The molecule has 1 amide bonds. The summed E-state index contributed by atoms with van der Waals surface area (Å²) in [6.07, 6.45) is 3.55. The summed E-state index contributed by atoms with van der Waals surface area (Å²) < 4.78 is 0. The molecule has 1 aromatic rings. The molecular weight excluding hydrogens is 329 g/mol. The molecule has 0 bridgehead atoms. The second-order valence-corrected chi connectivity index (χ2v) is 5.78. The van der Waals surface area contributed by atoms with Gasteiger partial charge in [-0.1, -0.05) is 49.0 Å². The maximum absolute atomic E-state index is 11.8. The van der Waals surface area contributed by atoms with Crippen molar-refractivity contribution in [3.05, 3.63) is 33.8 Å². The molecule has 116 valence electrons. The van der Waals surface area contributed by atoms with Crippen molar-refractivity contribution in [1.82, 2.24) is 16.2 Å². The zero-order valence-corrected chi connectivity index (χ0v) is 14.2. The average Bonchev–Trinajstić information content (AvgIpc) is 2.45. The first-order chi connectivity index (χ1) is 10.0. The second-order valence-electron chi connectivity index (χ2n) is 4.56. The molecule has 0 saturated carbocycles. The van der Waals surface area contributed by atoms with E-state index in [1.54, 1.807) is 18.2 Å². The van der Waals surface area contributed by atoms with Crippen LogP contribution in [0.25, 0.3) is 0 Å². The zero-order chi connectivity index (χ0) is 15.7. The van der Waals surface area contributed by atoms with Crippen molar-refractivity contribution in [3.8, 4) is 0 Å². The third-order valence-corrected chi connectivity index (χ3v) is 3.72. The van der Waals surface area contributed by atoms with Crippen LogP contribution in [0.4, 0.5) is 0 Å². The summed E-state index contributed by atoms with van der Waals surface area (Å²) in [5.41, 5.74) is 5.99. The van der Waals surface area contributed by atoms with E-state index in [-0.39, 0.29) is 12.3 Å². The lowest BCUT2D eigenvalue weighted by Crippen LogP contribution is -2.47. The van der Waals surface area contributed by atoms with Gasteiger partial charge < -0.3 is 5.32 Å². The van der Waals surface area contributed by atoms with Crippen molar-refractivity contribution in [2.75, 3.05) is 6.54 Å². The van der Waals surface area contributed by atoms with Crippen LogP contribution in [-0.4, -0.2) is 17.6 Å². The summed E-state index contributed by atoms with van der Waals surface area (Å²) in [5.74, 6) is -0.203. The minimum absolute atomic E-state index is 0.197. The van der Waals surface area contributed by atoms with Gasteiger partial charge in [-0.15, -0.1) is 0 Å². The van der Waals surface area contributed by atoms with E-state index in [9.17, 15) is 4.79 Å². The molecule has 4 nitrogen and oxygen atoms in total. The largest absolute Gasteiger partial charge is 0.361 e. The summed E-state index contributed by atoms with van der Waals surface area (Å²) in [4.78, 5) is 11.8. The third-order valence-electron chi connectivity index (χ3n) is 2.73.